The van der Waals surface area contributed by atoms with Crippen LogP contribution in [0, 0.1) is 5.92 Å². The highest BCUT2D eigenvalue weighted by Gasteiger charge is 2.13. The maximum absolute atomic E-state index is 7.61. The summed E-state index contributed by atoms with van der Waals surface area (Å²) in [6.07, 6.45) is 11.9. The van der Waals surface area contributed by atoms with Crippen LogP contribution in [0.3, 0.4) is 0 Å². The van der Waals surface area contributed by atoms with Crippen molar-refractivity contribution in [3.8, 4) is 0 Å². The quantitative estimate of drug-likeness (QED) is 0.602. The Morgan fingerprint density at radius 2 is 1.60 bits per heavy atom. The predicted octanol–water partition coefficient (Wildman–Crippen LogP) is 4.30. The van der Waals surface area contributed by atoms with Gasteiger partial charge in [0.05, 0.1) is 0 Å². The van der Waals surface area contributed by atoms with E-state index in [1.165, 1.54) is 70.3 Å². The van der Waals surface area contributed by atoms with Crippen LogP contribution in [0.15, 0.2) is 30.3 Å². The highest BCUT2D eigenvalue weighted by Crippen LogP contribution is 2.29. The first-order valence-corrected chi connectivity index (χ1v) is 8.08. The lowest BCUT2D eigenvalue weighted by Crippen LogP contribution is -1.93. The van der Waals surface area contributed by atoms with Crippen LogP contribution >= 0.6 is 0 Å². The van der Waals surface area contributed by atoms with E-state index in [1.54, 1.807) is 0 Å². The molecule has 0 bridgehead atoms. The van der Waals surface area contributed by atoms with Gasteiger partial charge in [0.15, 0.2) is 0 Å². The van der Waals surface area contributed by atoms with Gasteiger partial charge in [-0.15, -0.1) is 0 Å². The number of unbranched alkanes of at least 4 members (excludes halogenated alkanes) is 2. The molecule has 0 saturated heterocycles. The fourth-order valence-corrected chi connectivity index (χ4v) is 2.88. The van der Waals surface area contributed by atoms with Gasteiger partial charge in [-0.2, -0.15) is 0 Å². The van der Waals surface area contributed by atoms with E-state index in [2.05, 4.69) is 30.3 Å². The maximum Gasteiger partial charge on any atom is 0.148 e. The third-order valence-electron chi connectivity index (χ3n) is 3.90. The van der Waals surface area contributed by atoms with Gasteiger partial charge in [-0.25, -0.2) is 0 Å². The van der Waals surface area contributed by atoms with Gasteiger partial charge in [0.1, 0.15) is 6.29 Å². The topological polar surface area (TPSA) is 40.5 Å². The standard InChI is InChI=1S/C16H24.C2H6O2/c1-3-9-15(10-4-1)11-5-2-6-12-16-13-7-8-14-16;1-2(3)4/h1,3-4,9-10,16H,2,5-8,11-14H2;2-4H,1H3. The second kappa shape index (κ2) is 10.9. The Bertz CT molecular complexity index is 313. The molecule has 0 heterocycles. The molecule has 1 fully saturated rings. The Labute approximate surface area is 123 Å². The van der Waals surface area contributed by atoms with Gasteiger partial charge in [-0.05, 0) is 31.2 Å². The molecule has 2 N–H and O–H groups in total. The van der Waals surface area contributed by atoms with Crippen molar-refractivity contribution in [1.29, 1.82) is 0 Å². The van der Waals surface area contributed by atoms with Gasteiger partial charge < -0.3 is 10.2 Å². The molecule has 0 radical (unpaired) electrons. The number of hydrogen-bond acceptors (Lipinski definition) is 2. The van der Waals surface area contributed by atoms with Gasteiger partial charge in [-0.1, -0.05) is 75.3 Å². The molecule has 0 atom stereocenters. The summed E-state index contributed by atoms with van der Waals surface area (Å²) in [5, 5.41) is 15.2. The zero-order chi connectivity index (χ0) is 14.6. The summed E-state index contributed by atoms with van der Waals surface area (Å²) in [6.45, 7) is 1.28. The van der Waals surface area contributed by atoms with Crippen LogP contribution in [0.25, 0.3) is 0 Å². The van der Waals surface area contributed by atoms with E-state index in [-0.39, 0.29) is 0 Å². The molecule has 1 aliphatic carbocycles. The van der Waals surface area contributed by atoms with Crippen molar-refractivity contribution in [2.24, 2.45) is 5.92 Å². The van der Waals surface area contributed by atoms with Crippen LogP contribution in [0.4, 0.5) is 0 Å². The Balaban J connectivity index is 0.000000444. The molecule has 0 amide bonds. The van der Waals surface area contributed by atoms with E-state index in [0.717, 1.165) is 5.92 Å². The molecule has 20 heavy (non-hydrogen) atoms. The van der Waals surface area contributed by atoms with E-state index in [1.807, 2.05) is 0 Å². The molecule has 2 rings (SSSR count). The Morgan fingerprint density at radius 3 is 2.20 bits per heavy atom. The lowest BCUT2D eigenvalue weighted by molar-refractivity contribution is -0.0228. The molecule has 0 spiro atoms. The Morgan fingerprint density at radius 1 is 1.00 bits per heavy atom. The first-order valence-electron chi connectivity index (χ1n) is 8.08. The minimum atomic E-state index is -1.17. The fourth-order valence-electron chi connectivity index (χ4n) is 2.88. The van der Waals surface area contributed by atoms with E-state index < -0.39 is 6.29 Å². The van der Waals surface area contributed by atoms with Crippen LogP contribution in [-0.2, 0) is 6.42 Å². The first-order chi connectivity index (χ1) is 9.68. The summed E-state index contributed by atoms with van der Waals surface area (Å²) >= 11 is 0. The summed E-state index contributed by atoms with van der Waals surface area (Å²) in [5.41, 5.74) is 1.50. The molecule has 2 nitrogen and oxygen atoms in total. The minimum Gasteiger partial charge on any atom is -0.368 e. The average Bonchev–Trinajstić information content (AvgIpc) is 2.92. The van der Waals surface area contributed by atoms with Gasteiger partial charge in [0.2, 0.25) is 0 Å². The van der Waals surface area contributed by atoms with Crippen LogP contribution in [-0.4, -0.2) is 16.5 Å². The monoisotopic (exact) mass is 278 g/mol. The van der Waals surface area contributed by atoms with Crippen molar-refractivity contribution in [2.45, 2.75) is 71.0 Å². The molecule has 1 aromatic rings. The zero-order valence-electron chi connectivity index (χ0n) is 12.8. The maximum atomic E-state index is 7.61. The third kappa shape index (κ3) is 9.11. The largest absolute Gasteiger partial charge is 0.368 e. The number of aryl methyl sites for hydroxylation is 1. The second-order valence-corrected chi connectivity index (χ2v) is 5.87. The van der Waals surface area contributed by atoms with Crippen molar-refractivity contribution < 1.29 is 10.2 Å². The number of benzene rings is 1. The molecule has 2 heteroatoms. The fraction of sp³-hybridized carbons (Fsp3) is 0.667. The normalized spacial score (nSPS) is 15.2. The molecule has 1 saturated carbocycles. The Hall–Kier alpha value is -0.860. The van der Waals surface area contributed by atoms with Crippen LogP contribution in [0.2, 0.25) is 0 Å². The van der Waals surface area contributed by atoms with Crippen molar-refractivity contribution in [3.63, 3.8) is 0 Å². The second-order valence-electron chi connectivity index (χ2n) is 5.87. The molecular weight excluding hydrogens is 248 g/mol. The summed E-state index contributed by atoms with van der Waals surface area (Å²) in [5.74, 6) is 1.08. The van der Waals surface area contributed by atoms with Crippen LogP contribution in [0.1, 0.15) is 63.9 Å². The van der Waals surface area contributed by atoms with Crippen molar-refractivity contribution in [2.75, 3.05) is 0 Å². The molecule has 1 aromatic carbocycles. The lowest BCUT2D eigenvalue weighted by Gasteiger charge is -2.07. The van der Waals surface area contributed by atoms with Gasteiger partial charge in [0.25, 0.3) is 0 Å². The number of aliphatic hydroxyl groups excluding tert-OH is 1. The molecule has 0 aromatic heterocycles. The van der Waals surface area contributed by atoms with E-state index in [4.69, 9.17) is 10.2 Å². The van der Waals surface area contributed by atoms with E-state index in [9.17, 15) is 0 Å². The minimum absolute atomic E-state index is 1.08. The van der Waals surface area contributed by atoms with Crippen molar-refractivity contribution >= 4 is 0 Å². The third-order valence-corrected chi connectivity index (χ3v) is 3.90. The number of hydrogen-bond donors (Lipinski definition) is 2. The first kappa shape index (κ1) is 17.2. The van der Waals surface area contributed by atoms with Gasteiger partial charge in [0, 0.05) is 0 Å². The molecular formula is C18H30O2. The van der Waals surface area contributed by atoms with E-state index in [0.29, 0.717) is 0 Å². The summed E-state index contributed by atoms with van der Waals surface area (Å²) in [4.78, 5) is 0. The summed E-state index contributed by atoms with van der Waals surface area (Å²) in [7, 11) is 0. The van der Waals surface area contributed by atoms with E-state index >= 15 is 0 Å². The highest BCUT2D eigenvalue weighted by molar-refractivity contribution is 5.14. The zero-order valence-corrected chi connectivity index (χ0v) is 12.8. The number of aliphatic hydroxyl groups is 2. The SMILES string of the molecule is CC(O)O.c1ccc(CCCCCC2CCCC2)cc1. The summed E-state index contributed by atoms with van der Waals surface area (Å²) in [6, 6.07) is 10.9. The van der Waals surface area contributed by atoms with Crippen molar-refractivity contribution in [3.05, 3.63) is 35.9 Å². The molecule has 0 unspecified atom stereocenters. The van der Waals surface area contributed by atoms with Gasteiger partial charge >= 0.3 is 0 Å². The van der Waals surface area contributed by atoms with Crippen molar-refractivity contribution in [1.82, 2.24) is 0 Å². The Kier molecular flexibility index (Phi) is 9.35. The highest BCUT2D eigenvalue weighted by atomic mass is 16.5. The average molecular weight is 278 g/mol. The van der Waals surface area contributed by atoms with Gasteiger partial charge in [-0.3, -0.25) is 0 Å². The summed E-state index contributed by atoms with van der Waals surface area (Å²) < 4.78 is 0. The molecule has 1 aliphatic rings. The lowest BCUT2D eigenvalue weighted by atomic mass is 9.98. The predicted molar refractivity (Wildman–Crippen MR) is 84.5 cm³/mol. The van der Waals surface area contributed by atoms with Crippen LogP contribution in [0.5, 0.6) is 0 Å². The smallest absolute Gasteiger partial charge is 0.148 e. The number of rotatable bonds is 6. The molecule has 114 valence electrons. The molecule has 0 aliphatic heterocycles. The van der Waals surface area contributed by atoms with Crippen LogP contribution < -0.4 is 0 Å².